The summed E-state index contributed by atoms with van der Waals surface area (Å²) in [6, 6.07) is 0. The molecule has 1 rings (SSSR count). The fourth-order valence-corrected chi connectivity index (χ4v) is 1.24. The number of methoxy groups -OCH3 is 1. The van der Waals surface area contributed by atoms with Crippen molar-refractivity contribution in [2.24, 2.45) is 0 Å². The molecular weight excluding hydrogens is 196 g/mol. The van der Waals surface area contributed by atoms with Crippen molar-refractivity contribution < 1.29 is 36.4 Å². The van der Waals surface area contributed by atoms with Gasteiger partial charge in [-0.15, -0.1) is 0 Å². The molecule has 7 heteroatoms. The maximum Gasteiger partial charge on any atom is 0.311 e. The lowest BCUT2D eigenvalue weighted by Gasteiger charge is -2.43. The largest absolute Gasteiger partial charge is 0.394 e. The van der Waals surface area contributed by atoms with E-state index in [1.807, 2.05) is 0 Å². The van der Waals surface area contributed by atoms with Gasteiger partial charge in [0.25, 0.3) is 0 Å². The van der Waals surface area contributed by atoms with E-state index in [0.717, 1.165) is 0 Å². The third-order valence-corrected chi connectivity index (χ3v) is 2.14. The topological polar surface area (TPSA) is 120 Å². The minimum absolute atomic E-state index is 0.672. The van der Waals surface area contributed by atoms with Crippen molar-refractivity contribution in [1.82, 2.24) is 0 Å². The van der Waals surface area contributed by atoms with E-state index < -0.39 is 44.1 Å². The predicted molar refractivity (Wildman–Crippen MR) is 41.9 cm³/mol. The molecule has 1 unspecified atom stereocenters. The van der Waals surface area contributed by atoms with E-state index in [2.05, 4.69) is 9.47 Å². The molecule has 5 atom stereocenters. The summed E-state index contributed by atoms with van der Waals surface area (Å²) in [4.78, 5) is 0. The Bertz CT molecular complexity index is 214. The van der Waals surface area contributed by atoms with Gasteiger partial charge >= 0.3 is 5.97 Å². The Balaban J connectivity index is 2.82. The third-order valence-electron chi connectivity index (χ3n) is 2.14. The van der Waals surface area contributed by atoms with Crippen LogP contribution in [0, 0.1) is 0 Å². The highest BCUT2D eigenvalue weighted by Crippen LogP contribution is 2.28. The number of hydrogen-bond acceptors (Lipinski definition) is 7. The molecular formula is C7H14O7. The Morgan fingerprint density at radius 2 is 2.07 bits per heavy atom. The Morgan fingerprint density at radius 1 is 1.43 bits per heavy atom. The number of ether oxygens (including phenoxy) is 2. The van der Waals surface area contributed by atoms with Crippen LogP contribution in [0.3, 0.4) is 0 Å². The van der Waals surface area contributed by atoms with Crippen LogP contribution in [0.1, 0.15) is 1.37 Å². The second kappa shape index (κ2) is 4.07. The van der Waals surface area contributed by atoms with Crippen molar-refractivity contribution in [3.63, 3.8) is 0 Å². The Hall–Kier alpha value is -0.280. The van der Waals surface area contributed by atoms with Crippen molar-refractivity contribution in [3.05, 3.63) is 0 Å². The molecule has 14 heavy (non-hydrogen) atoms. The van der Waals surface area contributed by atoms with Gasteiger partial charge in [0.2, 0.25) is 0 Å². The van der Waals surface area contributed by atoms with Gasteiger partial charge in [-0.25, -0.2) is 0 Å². The van der Waals surface area contributed by atoms with Crippen molar-refractivity contribution in [2.45, 2.75) is 30.4 Å². The molecule has 1 saturated heterocycles. The molecule has 1 aliphatic heterocycles. The van der Waals surface area contributed by atoms with E-state index in [0.29, 0.717) is 0 Å². The van der Waals surface area contributed by atoms with E-state index in [4.69, 9.17) is 6.48 Å². The van der Waals surface area contributed by atoms with Crippen LogP contribution >= 0.6 is 0 Å². The molecule has 1 fully saturated rings. The average molecular weight is 211 g/mol. The summed E-state index contributed by atoms with van der Waals surface area (Å²) < 4.78 is 15.8. The van der Waals surface area contributed by atoms with Crippen LogP contribution in [0.5, 0.6) is 0 Å². The molecule has 0 aromatic heterocycles. The molecule has 1 aliphatic rings. The van der Waals surface area contributed by atoms with Crippen LogP contribution in [0.4, 0.5) is 0 Å². The molecule has 0 saturated carbocycles. The molecule has 0 radical (unpaired) electrons. The lowest BCUT2D eigenvalue weighted by molar-refractivity contribution is -0.442. The van der Waals surface area contributed by atoms with Gasteiger partial charge in [0, 0.05) is 7.09 Å². The van der Waals surface area contributed by atoms with Crippen LogP contribution in [0.2, 0.25) is 0 Å². The van der Waals surface area contributed by atoms with Crippen molar-refractivity contribution in [3.8, 4) is 0 Å². The van der Waals surface area contributed by atoms with Crippen molar-refractivity contribution in [1.29, 1.82) is 0 Å². The second-order valence-electron chi connectivity index (χ2n) is 3.04. The van der Waals surface area contributed by atoms with Crippen LogP contribution in [0.15, 0.2) is 0 Å². The minimum atomic E-state index is -2.59. The fourth-order valence-electron chi connectivity index (χ4n) is 1.24. The van der Waals surface area contributed by atoms with E-state index in [-0.39, 0.29) is 0 Å². The molecule has 5 N–H and O–H groups in total. The first-order valence-electron chi connectivity index (χ1n) is 4.65. The molecule has 0 aromatic rings. The number of rotatable bonds is 2. The first-order valence-corrected chi connectivity index (χ1v) is 3.94. The predicted octanol–water partition coefficient (Wildman–Crippen LogP) is -3.25. The van der Waals surface area contributed by atoms with E-state index >= 15 is 0 Å². The first-order chi connectivity index (χ1) is 6.96. The summed E-state index contributed by atoms with van der Waals surface area (Å²) in [5, 5.41) is 46.3. The van der Waals surface area contributed by atoms with Gasteiger partial charge in [-0.3, -0.25) is 0 Å². The first kappa shape index (κ1) is 10.2. The third kappa shape index (κ3) is 1.75. The van der Waals surface area contributed by atoms with Gasteiger partial charge < -0.3 is 35.0 Å². The van der Waals surface area contributed by atoms with Gasteiger partial charge in [0.15, 0.2) is 6.10 Å². The zero-order chi connectivity index (χ0) is 11.6. The summed E-state index contributed by atoms with van der Waals surface area (Å²) in [7, 11) is -0.714. The SMILES string of the molecule is [2H]COC1(O)O[C@H](CO)[C@@H](O)[C@H](O)[C@H]1O. The Morgan fingerprint density at radius 3 is 2.57 bits per heavy atom. The van der Waals surface area contributed by atoms with Crippen LogP contribution in [0.25, 0.3) is 0 Å². The van der Waals surface area contributed by atoms with Crippen LogP contribution in [-0.4, -0.2) is 69.6 Å². The number of hydrogen-bond donors (Lipinski definition) is 5. The molecule has 1 heterocycles. The maximum absolute atomic E-state index is 9.53. The number of aliphatic hydroxyl groups excluding tert-OH is 4. The molecule has 0 aliphatic carbocycles. The van der Waals surface area contributed by atoms with Gasteiger partial charge in [-0.1, -0.05) is 0 Å². The fraction of sp³-hybridized carbons (Fsp3) is 1.00. The van der Waals surface area contributed by atoms with Gasteiger partial charge in [0.05, 0.1) is 7.98 Å². The lowest BCUT2D eigenvalue weighted by atomic mass is 9.98. The minimum Gasteiger partial charge on any atom is -0.394 e. The second-order valence-corrected chi connectivity index (χ2v) is 3.04. The smallest absolute Gasteiger partial charge is 0.311 e. The van der Waals surface area contributed by atoms with E-state index in [1.54, 1.807) is 0 Å². The Labute approximate surface area is 81.5 Å². The van der Waals surface area contributed by atoms with Gasteiger partial charge in [0.1, 0.15) is 18.3 Å². The Kier molecular flexibility index (Phi) is 2.98. The summed E-state index contributed by atoms with van der Waals surface area (Å²) in [5.74, 6) is -2.59. The number of aliphatic hydroxyl groups is 5. The highest BCUT2D eigenvalue weighted by atomic mass is 16.8. The standard InChI is InChI=1S/C7H14O7/c1-13-7(12)6(11)5(10)4(9)3(2-8)14-7/h3-6,8-12H,2H2,1H3/t3-,4-,5+,6-,7?/m1/s1/i1D. The zero-order valence-electron chi connectivity index (χ0n) is 8.28. The summed E-state index contributed by atoms with van der Waals surface area (Å²) >= 11 is 0. The summed E-state index contributed by atoms with van der Waals surface area (Å²) in [6.07, 6.45) is -6.48. The molecule has 0 amide bonds. The van der Waals surface area contributed by atoms with Crippen LogP contribution in [-0.2, 0) is 9.47 Å². The van der Waals surface area contributed by atoms with Crippen LogP contribution < -0.4 is 0 Å². The average Bonchev–Trinajstić information content (AvgIpc) is 2.21. The summed E-state index contributed by atoms with van der Waals surface area (Å²) in [5.41, 5.74) is 0. The molecule has 84 valence electrons. The highest BCUT2D eigenvalue weighted by Gasteiger charge is 2.53. The molecule has 0 bridgehead atoms. The molecule has 7 nitrogen and oxygen atoms in total. The van der Waals surface area contributed by atoms with Crippen molar-refractivity contribution in [2.75, 3.05) is 13.7 Å². The zero-order valence-corrected chi connectivity index (χ0v) is 7.28. The summed E-state index contributed by atoms with van der Waals surface area (Å²) in [6.45, 7) is -0.672. The molecule has 0 aromatic carbocycles. The van der Waals surface area contributed by atoms with E-state index in [1.165, 1.54) is 0 Å². The normalized spacial score (nSPS) is 50.2. The maximum atomic E-state index is 9.53. The quantitative estimate of drug-likeness (QED) is 0.304. The highest BCUT2D eigenvalue weighted by molar-refractivity contribution is 4.91. The monoisotopic (exact) mass is 211 g/mol. The molecule has 0 spiro atoms. The van der Waals surface area contributed by atoms with E-state index in [9.17, 15) is 20.4 Å². The van der Waals surface area contributed by atoms with Gasteiger partial charge in [-0.2, -0.15) is 0 Å². The van der Waals surface area contributed by atoms with Crippen molar-refractivity contribution >= 4 is 0 Å². The lowest BCUT2D eigenvalue weighted by Crippen LogP contribution is -2.65. The van der Waals surface area contributed by atoms with Gasteiger partial charge in [-0.05, 0) is 0 Å².